The molecule has 2 amide bonds. The minimum absolute atomic E-state index is 0.0358. The smallest absolute Gasteiger partial charge is 0.323 e. The molecular weight excluding hydrogens is 400 g/mol. The van der Waals surface area contributed by atoms with E-state index in [-0.39, 0.29) is 30.8 Å². The van der Waals surface area contributed by atoms with Crippen molar-refractivity contribution in [2.75, 3.05) is 19.7 Å². The largest absolute Gasteiger partial charge is 0.494 e. The van der Waals surface area contributed by atoms with Crippen molar-refractivity contribution in [2.45, 2.75) is 57.5 Å². The highest BCUT2D eigenvalue weighted by Gasteiger charge is 2.29. The van der Waals surface area contributed by atoms with Crippen molar-refractivity contribution in [2.24, 2.45) is 4.99 Å². The molecule has 9 nitrogen and oxygen atoms in total. The third-order valence-corrected chi connectivity index (χ3v) is 5.97. The first-order valence-electron chi connectivity index (χ1n) is 10.9. The number of aliphatic carboxylic acids is 1. The Morgan fingerprint density at radius 1 is 1.23 bits per heavy atom. The zero-order chi connectivity index (χ0) is 21.8. The maximum Gasteiger partial charge on any atom is 0.323 e. The van der Waals surface area contributed by atoms with Gasteiger partial charge in [0.2, 0.25) is 17.8 Å². The van der Waals surface area contributed by atoms with Crippen LogP contribution in [0.25, 0.3) is 0 Å². The van der Waals surface area contributed by atoms with E-state index in [0.717, 1.165) is 43.4 Å². The highest BCUT2D eigenvalue weighted by Crippen LogP contribution is 2.31. The molecule has 0 unspecified atom stereocenters. The number of carbonyl (C=O) groups is 3. The monoisotopic (exact) mass is 428 g/mol. The molecule has 0 atom stereocenters. The van der Waals surface area contributed by atoms with Gasteiger partial charge in [-0.25, -0.2) is 4.99 Å². The van der Waals surface area contributed by atoms with Crippen LogP contribution in [0.2, 0.25) is 0 Å². The van der Waals surface area contributed by atoms with Crippen LogP contribution >= 0.6 is 0 Å². The number of nitrogens with zero attached hydrogens (tertiary/aromatic N) is 3. The van der Waals surface area contributed by atoms with Crippen molar-refractivity contribution in [3.63, 3.8) is 0 Å². The molecule has 1 saturated heterocycles. The Morgan fingerprint density at radius 3 is 2.81 bits per heavy atom. The van der Waals surface area contributed by atoms with Gasteiger partial charge in [0.1, 0.15) is 18.8 Å². The molecular formula is C22H28N4O5. The van der Waals surface area contributed by atoms with Crippen molar-refractivity contribution in [3.05, 3.63) is 23.8 Å². The lowest BCUT2D eigenvalue weighted by Crippen LogP contribution is -2.44. The van der Waals surface area contributed by atoms with Gasteiger partial charge in [-0.05, 0) is 30.9 Å². The molecule has 9 heteroatoms. The molecule has 0 spiro atoms. The average Bonchev–Trinajstić information content (AvgIpc) is 3.12. The number of ether oxygens (including phenoxy) is 1. The van der Waals surface area contributed by atoms with Crippen molar-refractivity contribution in [3.8, 4) is 5.75 Å². The second-order valence-electron chi connectivity index (χ2n) is 8.29. The Bertz CT molecular complexity index is 894. The number of hydrogen-bond acceptors (Lipinski definition) is 6. The molecule has 2 heterocycles. The molecule has 1 saturated carbocycles. The summed E-state index contributed by atoms with van der Waals surface area (Å²) in [5, 5.41) is 11.9. The predicted molar refractivity (Wildman–Crippen MR) is 113 cm³/mol. The first kappa shape index (κ1) is 21.1. The van der Waals surface area contributed by atoms with Gasteiger partial charge in [0.05, 0.1) is 12.3 Å². The lowest BCUT2D eigenvalue weighted by Gasteiger charge is -2.33. The number of guanidine groups is 1. The first-order valence-corrected chi connectivity index (χ1v) is 10.9. The van der Waals surface area contributed by atoms with E-state index in [1.165, 1.54) is 4.90 Å². The van der Waals surface area contributed by atoms with E-state index < -0.39 is 5.97 Å². The lowest BCUT2D eigenvalue weighted by molar-refractivity contribution is -0.146. The minimum Gasteiger partial charge on any atom is -0.494 e. The number of nitrogens with one attached hydrogen (secondary N) is 1. The highest BCUT2D eigenvalue weighted by atomic mass is 16.5. The highest BCUT2D eigenvalue weighted by molar-refractivity contribution is 6.05. The van der Waals surface area contributed by atoms with Gasteiger partial charge in [0, 0.05) is 25.1 Å². The third-order valence-electron chi connectivity index (χ3n) is 5.97. The van der Waals surface area contributed by atoms with Gasteiger partial charge in [0.25, 0.3) is 0 Å². The Kier molecular flexibility index (Phi) is 6.39. The first-order chi connectivity index (χ1) is 15.0. The summed E-state index contributed by atoms with van der Waals surface area (Å²) >= 11 is 0. The van der Waals surface area contributed by atoms with Gasteiger partial charge in [-0.3, -0.25) is 19.7 Å². The zero-order valence-corrected chi connectivity index (χ0v) is 17.5. The topological polar surface area (TPSA) is 112 Å². The number of carboxylic acids is 1. The number of carboxylic acid groups (broad SMARTS) is 1. The van der Waals surface area contributed by atoms with Gasteiger partial charge in [-0.1, -0.05) is 25.3 Å². The van der Waals surface area contributed by atoms with Gasteiger partial charge >= 0.3 is 5.97 Å². The zero-order valence-electron chi connectivity index (χ0n) is 17.5. The third kappa shape index (κ3) is 5.15. The van der Waals surface area contributed by atoms with E-state index >= 15 is 0 Å². The molecule has 2 fully saturated rings. The molecule has 3 aliphatic rings. The SMILES string of the molecule is O=C(O)CN(C(=O)CCCOc1ccc2c(c1)N=C1NC(=O)CN1C2)C1CCCCC1. The standard InChI is InChI=1S/C22H28N4O5/c27-19-13-25-12-15-8-9-17(11-18(15)23-22(25)24-19)31-10-4-7-20(28)26(14-21(29)30)16-5-2-1-3-6-16/h8-9,11,16H,1-7,10,12-14H2,(H,29,30)(H,23,24,27). The van der Waals surface area contributed by atoms with Gasteiger partial charge in [-0.15, -0.1) is 0 Å². The van der Waals surface area contributed by atoms with E-state index in [0.29, 0.717) is 37.8 Å². The molecule has 0 radical (unpaired) electrons. The summed E-state index contributed by atoms with van der Waals surface area (Å²) in [6, 6.07) is 5.68. The summed E-state index contributed by atoms with van der Waals surface area (Å²) in [7, 11) is 0. The Hall–Kier alpha value is -3.10. The molecule has 31 heavy (non-hydrogen) atoms. The number of carbonyl (C=O) groups excluding carboxylic acids is 2. The lowest BCUT2D eigenvalue weighted by atomic mass is 9.94. The second kappa shape index (κ2) is 9.36. The van der Waals surface area contributed by atoms with Crippen LogP contribution < -0.4 is 10.1 Å². The van der Waals surface area contributed by atoms with Crippen molar-refractivity contribution < 1.29 is 24.2 Å². The van der Waals surface area contributed by atoms with Crippen molar-refractivity contribution >= 4 is 29.4 Å². The van der Waals surface area contributed by atoms with Crippen LogP contribution in [0.4, 0.5) is 5.69 Å². The van der Waals surface area contributed by atoms with Crippen molar-refractivity contribution in [1.82, 2.24) is 15.1 Å². The molecule has 1 aliphatic carbocycles. The average molecular weight is 428 g/mol. The Balaban J connectivity index is 1.28. The second-order valence-corrected chi connectivity index (χ2v) is 8.29. The van der Waals surface area contributed by atoms with E-state index in [1.807, 2.05) is 23.1 Å². The van der Waals surface area contributed by atoms with E-state index in [4.69, 9.17) is 4.74 Å². The summed E-state index contributed by atoms with van der Waals surface area (Å²) in [5.74, 6) is 0.0806. The fourth-order valence-corrected chi connectivity index (χ4v) is 4.43. The maximum atomic E-state index is 12.7. The summed E-state index contributed by atoms with van der Waals surface area (Å²) in [6.07, 6.45) is 5.77. The van der Waals surface area contributed by atoms with Crippen LogP contribution in [0.3, 0.4) is 0 Å². The van der Waals surface area contributed by atoms with Gasteiger partial charge in [-0.2, -0.15) is 0 Å². The fraction of sp³-hybridized carbons (Fsp3) is 0.545. The molecule has 4 rings (SSSR count). The van der Waals surface area contributed by atoms with E-state index in [9.17, 15) is 19.5 Å². The molecule has 2 aliphatic heterocycles. The molecule has 0 aromatic heterocycles. The number of aliphatic imine (C=N–C) groups is 1. The Morgan fingerprint density at radius 2 is 2.03 bits per heavy atom. The number of benzene rings is 1. The quantitative estimate of drug-likeness (QED) is 0.613. The molecule has 0 bridgehead atoms. The summed E-state index contributed by atoms with van der Waals surface area (Å²) < 4.78 is 5.80. The maximum absolute atomic E-state index is 12.7. The van der Waals surface area contributed by atoms with E-state index in [1.54, 1.807) is 0 Å². The van der Waals surface area contributed by atoms with Crippen LogP contribution in [-0.2, 0) is 20.9 Å². The van der Waals surface area contributed by atoms with Crippen LogP contribution in [-0.4, -0.2) is 64.4 Å². The number of fused-ring (bicyclic) bond motifs is 2. The van der Waals surface area contributed by atoms with Gasteiger partial charge < -0.3 is 19.6 Å². The number of rotatable bonds is 8. The van der Waals surface area contributed by atoms with Crippen LogP contribution in [0.15, 0.2) is 23.2 Å². The number of hydrogen-bond donors (Lipinski definition) is 2. The summed E-state index contributed by atoms with van der Waals surface area (Å²) in [5.41, 5.74) is 1.80. The van der Waals surface area contributed by atoms with E-state index in [2.05, 4.69) is 10.3 Å². The molecule has 2 N–H and O–H groups in total. The van der Waals surface area contributed by atoms with Crippen LogP contribution in [0.1, 0.15) is 50.5 Å². The molecule has 1 aromatic rings. The minimum atomic E-state index is -0.970. The molecule has 1 aromatic carbocycles. The predicted octanol–water partition coefficient (Wildman–Crippen LogP) is 2.02. The summed E-state index contributed by atoms with van der Waals surface area (Å²) in [6.45, 7) is 1.07. The Labute approximate surface area is 181 Å². The van der Waals surface area contributed by atoms with Gasteiger partial charge in [0.15, 0.2) is 0 Å². The van der Waals surface area contributed by atoms with Crippen molar-refractivity contribution in [1.29, 1.82) is 0 Å². The van der Waals surface area contributed by atoms with Crippen LogP contribution in [0, 0.1) is 0 Å². The summed E-state index contributed by atoms with van der Waals surface area (Å²) in [4.78, 5) is 43.4. The normalized spacial score (nSPS) is 18.0. The fourth-order valence-electron chi connectivity index (χ4n) is 4.43. The van der Waals surface area contributed by atoms with Crippen LogP contribution in [0.5, 0.6) is 5.75 Å². The molecule has 166 valence electrons. The number of amides is 2.